The van der Waals surface area contributed by atoms with E-state index in [1.807, 2.05) is 6.07 Å². The van der Waals surface area contributed by atoms with E-state index in [0.717, 1.165) is 12.5 Å². The van der Waals surface area contributed by atoms with Crippen LogP contribution < -0.4 is 0 Å². The number of aliphatic hydroxyl groups excluding tert-OH is 1. The minimum absolute atomic E-state index is 0.169. The summed E-state index contributed by atoms with van der Waals surface area (Å²) in [6.45, 7) is 5.93. The molecule has 0 unspecified atom stereocenters. The van der Waals surface area contributed by atoms with Crippen LogP contribution >= 0.6 is 0 Å². The van der Waals surface area contributed by atoms with Crippen LogP contribution in [0.1, 0.15) is 51.1 Å². The number of likely N-dealkylation sites (tertiary alicyclic amines) is 1. The Bertz CT molecular complexity index is 365. The van der Waals surface area contributed by atoms with Gasteiger partial charge in [-0.2, -0.15) is 0 Å². The van der Waals surface area contributed by atoms with E-state index >= 15 is 0 Å². The summed E-state index contributed by atoms with van der Waals surface area (Å²) in [5, 5.41) is 9.78. The van der Waals surface area contributed by atoms with Crippen molar-refractivity contribution < 1.29 is 5.11 Å². The molecule has 0 amide bonds. The van der Waals surface area contributed by atoms with Crippen molar-refractivity contribution in [1.82, 2.24) is 4.90 Å². The predicted molar refractivity (Wildman–Crippen MR) is 80.1 cm³/mol. The van der Waals surface area contributed by atoms with E-state index < -0.39 is 0 Å². The molecule has 1 aromatic carbocycles. The zero-order valence-electron chi connectivity index (χ0n) is 12.3. The first-order valence-corrected chi connectivity index (χ1v) is 7.69. The van der Waals surface area contributed by atoms with Crippen LogP contribution in [0, 0.1) is 5.92 Å². The molecule has 1 fully saturated rings. The van der Waals surface area contributed by atoms with E-state index in [-0.39, 0.29) is 12.6 Å². The van der Waals surface area contributed by atoms with Crippen LogP contribution in [0.5, 0.6) is 0 Å². The van der Waals surface area contributed by atoms with Crippen molar-refractivity contribution >= 4 is 0 Å². The molecule has 1 saturated heterocycles. The first-order chi connectivity index (χ1) is 9.27. The molecule has 1 aromatic rings. The van der Waals surface area contributed by atoms with Gasteiger partial charge in [-0.25, -0.2) is 0 Å². The first kappa shape index (κ1) is 14.5. The summed E-state index contributed by atoms with van der Waals surface area (Å²) in [5.74, 6) is 0.803. The summed E-state index contributed by atoms with van der Waals surface area (Å²) in [6.07, 6.45) is 5.23. The second-order valence-corrected chi connectivity index (χ2v) is 5.78. The van der Waals surface area contributed by atoms with Crippen LogP contribution in [0.3, 0.4) is 0 Å². The number of nitrogens with zero attached hydrogens (tertiary/aromatic N) is 1. The van der Waals surface area contributed by atoms with Crippen LogP contribution in [0.15, 0.2) is 30.3 Å². The Morgan fingerprint density at radius 2 is 2.05 bits per heavy atom. The Kier molecular flexibility index (Phi) is 5.41. The van der Waals surface area contributed by atoms with E-state index in [2.05, 4.69) is 43.0 Å². The highest BCUT2D eigenvalue weighted by atomic mass is 16.3. The Morgan fingerprint density at radius 3 is 2.68 bits per heavy atom. The van der Waals surface area contributed by atoms with Crippen molar-refractivity contribution in [2.75, 3.05) is 13.2 Å². The minimum Gasteiger partial charge on any atom is -0.394 e. The van der Waals surface area contributed by atoms with Gasteiger partial charge >= 0.3 is 0 Å². The number of hydrogen-bond donors (Lipinski definition) is 1. The van der Waals surface area contributed by atoms with E-state index in [1.165, 1.54) is 31.2 Å². The monoisotopic (exact) mass is 261 g/mol. The Hall–Kier alpha value is -0.860. The molecule has 2 heteroatoms. The summed E-state index contributed by atoms with van der Waals surface area (Å²) in [6, 6.07) is 11.2. The molecule has 1 aliphatic heterocycles. The lowest BCUT2D eigenvalue weighted by Gasteiger charge is -2.32. The van der Waals surface area contributed by atoms with Crippen molar-refractivity contribution in [2.24, 2.45) is 5.92 Å². The van der Waals surface area contributed by atoms with Gasteiger partial charge in [0.2, 0.25) is 0 Å². The normalized spacial score (nSPS) is 25.6. The van der Waals surface area contributed by atoms with Crippen molar-refractivity contribution in [1.29, 1.82) is 0 Å². The van der Waals surface area contributed by atoms with E-state index in [4.69, 9.17) is 0 Å². The van der Waals surface area contributed by atoms with Gasteiger partial charge in [-0.15, -0.1) is 0 Å². The molecule has 0 bridgehead atoms. The highest BCUT2D eigenvalue weighted by molar-refractivity contribution is 5.19. The lowest BCUT2D eigenvalue weighted by molar-refractivity contribution is 0.108. The number of unbranched alkanes of at least 4 members (excludes halogenated alkanes) is 1. The molecule has 1 N–H and O–H groups in total. The molecule has 1 heterocycles. The fourth-order valence-corrected chi connectivity index (χ4v) is 3.40. The maximum absolute atomic E-state index is 9.78. The summed E-state index contributed by atoms with van der Waals surface area (Å²) < 4.78 is 0. The first-order valence-electron chi connectivity index (χ1n) is 7.69. The second-order valence-electron chi connectivity index (χ2n) is 5.78. The number of rotatable bonds is 6. The van der Waals surface area contributed by atoms with Gasteiger partial charge in [-0.1, -0.05) is 50.1 Å². The van der Waals surface area contributed by atoms with Crippen molar-refractivity contribution in [3.63, 3.8) is 0 Å². The van der Waals surface area contributed by atoms with E-state index in [9.17, 15) is 5.11 Å². The molecule has 2 nitrogen and oxygen atoms in total. The molecular weight excluding hydrogens is 234 g/mol. The lowest BCUT2D eigenvalue weighted by Crippen LogP contribution is -2.35. The van der Waals surface area contributed by atoms with Crippen molar-refractivity contribution in [3.05, 3.63) is 35.9 Å². The third-order valence-electron chi connectivity index (χ3n) is 4.65. The van der Waals surface area contributed by atoms with Crippen molar-refractivity contribution in [2.45, 2.75) is 51.6 Å². The average Bonchev–Trinajstić information content (AvgIpc) is 2.80. The van der Waals surface area contributed by atoms with Crippen molar-refractivity contribution in [3.8, 4) is 0 Å². The maximum Gasteiger partial charge on any atom is 0.0628 e. The Morgan fingerprint density at radius 1 is 1.32 bits per heavy atom. The Labute approximate surface area is 117 Å². The highest BCUT2D eigenvalue weighted by Gasteiger charge is 2.34. The molecule has 19 heavy (non-hydrogen) atoms. The van der Waals surface area contributed by atoms with Gasteiger partial charge in [0.15, 0.2) is 0 Å². The van der Waals surface area contributed by atoms with Gasteiger partial charge in [0, 0.05) is 6.04 Å². The summed E-state index contributed by atoms with van der Waals surface area (Å²) >= 11 is 0. The van der Waals surface area contributed by atoms with Gasteiger partial charge in [0.1, 0.15) is 0 Å². The second kappa shape index (κ2) is 7.06. The van der Waals surface area contributed by atoms with Crippen LogP contribution in [0.2, 0.25) is 0 Å². The third-order valence-corrected chi connectivity index (χ3v) is 4.65. The molecular formula is C17H27NO. The molecule has 0 aliphatic carbocycles. The number of hydrogen-bond acceptors (Lipinski definition) is 2. The van der Waals surface area contributed by atoms with Gasteiger partial charge in [0.25, 0.3) is 0 Å². The summed E-state index contributed by atoms with van der Waals surface area (Å²) in [5.41, 5.74) is 1.24. The standard InChI is InChI=1S/C17H27NO/c1-3-4-8-15-11-12-18(14(15)2)17(13-19)16-9-6-5-7-10-16/h5-7,9-10,14-15,17,19H,3-4,8,11-13H2,1-2H3/t14-,15+,17-/m1/s1. The molecule has 0 saturated carbocycles. The third kappa shape index (κ3) is 3.37. The zero-order chi connectivity index (χ0) is 13.7. The number of benzene rings is 1. The fraction of sp³-hybridized carbons (Fsp3) is 0.647. The summed E-state index contributed by atoms with van der Waals surface area (Å²) in [4.78, 5) is 2.50. The highest BCUT2D eigenvalue weighted by Crippen LogP contribution is 2.34. The average molecular weight is 261 g/mol. The van der Waals surface area contributed by atoms with Crippen LogP contribution in [0.25, 0.3) is 0 Å². The number of aliphatic hydroxyl groups is 1. The smallest absolute Gasteiger partial charge is 0.0628 e. The van der Waals surface area contributed by atoms with Crippen LogP contribution in [0.4, 0.5) is 0 Å². The molecule has 0 aromatic heterocycles. The quantitative estimate of drug-likeness (QED) is 0.845. The van der Waals surface area contributed by atoms with Crippen LogP contribution in [-0.4, -0.2) is 29.2 Å². The molecule has 2 rings (SSSR count). The molecule has 106 valence electrons. The van der Waals surface area contributed by atoms with Gasteiger partial charge in [-0.05, 0) is 37.8 Å². The SMILES string of the molecule is CCCC[C@H]1CCN([C@H](CO)c2ccccc2)[C@@H]1C. The minimum atomic E-state index is 0.169. The molecule has 0 spiro atoms. The maximum atomic E-state index is 9.78. The molecule has 0 radical (unpaired) electrons. The predicted octanol–water partition coefficient (Wildman–Crippen LogP) is 3.62. The fourth-order valence-electron chi connectivity index (χ4n) is 3.40. The molecule has 1 aliphatic rings. The topological polar surface area (TPSA) is 23.5 Å². The largest absolute Gasteiger partial charge is 0.394 e. The lowest BCUT2D eigenvalue weighted by atomic mass is 9.94. The molecule has 3 atom stereocenters. The van der Waals surface area contributed by atoms with Gasteiger partial charge < -0.3 is 5.11 Å². The van der Waals surface area contributed by atoms with E-state index in [0.29, 0.717) is 6.04 Å². The van der Waals surface area contributed by atoms with Gasteiger partial charge in [0.05, 0.1) is 12.6 Å². The van der Waals surface area contributed by atoms with Crippen LogP contribution in [-0.2, 0) is 0 Å². The zero-order valence-corrected chi connectivity index (χ0v) is 12.3. The Balaban J connectivity index is 2.04. The van der Waals surface area contributed by atoms with Gasteiger partial charge in [-0.3, -0.25) is 4.90 Å². The van der Waals surface area contributed by atoms with E-state index in [1.54, 1.807) is 0 Å². The summed E-state index contributed by atoms with van der Waals surface area (Å²) in [7, 11) is 0.